The lowest BCUT2D eigenvalue weighted by Crippen LogP contribution is -2.40. The maximum Gasteiger partial charge on any atom is 0.224 e. The number of anilines is 1. The van der Waals surface area contributed by atoms with E-state index < -0.39 is 0 Å². The minimum atomic E-state index is -0.133. The molecule has 1 fully saturated rings. The summed E-state index contributed by atoms with van der Waals surface area (Å²) in [6.45, 7) is 6.53. The number of carbonyl (C=O) groups excluding carboxylic acids is 2. The quantitative estimate of drug-likeness (QED) is 0.830. The molecule has 2 aromatic rings. The van der Waals surface area contributed by atoms with Gasteiger partial charge in [0.05, 0.1) is 16.6 Å². The standard InChI is InChI=1S/C18H24N4O2S/c1-3-22-8-4-5-14(22)11-19-17(24)10-13-6-7-15-16(9-13)25-18(21-15)20-12(2)23/h6-7,9,14H,3-5,8,10-11H2,1-2H3,(H,19,24)(H,20,21,23). The van der Waals surface area contributed by atoms with E-state index in [1.807, 2.05) is 18.2 Å². The number of rotatable bonds is 6. The van der Waals surface area contributed by atoms with E-state index in [1.54, 1.807) is 0 Å². The Morgan fingerprint density at radius 1 is 1.40 bits per heavy atom. The SMILES string of the molecule is CCN1CCCC1CNC(=O)Cc1ccc2nc(NC(C)=O)sc2c1. The second-order valence-electron chi connectivity index (χ2n) is 6.41. The fourth-order valence-corrected chi connectivity index (χ4v) is 4.28. The molecule has 0 aliphatic carbocycles. The molecule has 0 saturated carbocycles. The molecule has 1 aliphatic heterocycles. The van der Waals surface area contributed by atoms with E-state index >= 15 is 0 Å². The van der Waals surface area contributed by atoms with Gasteiger partial charge in [-0.3, -0.25) is 14.5 Å². The summed E-state index contributed by atoms with van der Waals surface area (Å²) in [6.07, 6.45) is 2.74. The molecular weight excluding hydrogens is 336 g/mol. The number of nitrogens with one attached hydrogen (secondary N) is 2. The van der Waals surface area contributed by atoms with Crippen LogP contribution in [0.1, 0.15) is 32.3 Å². The molecule has 1 aromatic heterocycles. The zero-order valence-electron chi connectivity index (χ0n) is 14.7. The van der Waals surface area contributed by atoms with Gasteiger partial charge in [-0.15, -0.1) is 0 Å². The molecule has 1 aliphatic rings. The Hall–Kier alpha value is -1.99. The maximum atomic E-state index is 12.3. The van der Waals surface area contributed by atoms with Crippen LogP contribution in [0.5, 0.6) is 0 Å². The number of amides is 2. The van der Waals surface area contributed by atoms with E-state index in [9.17, 15) is 9.59 Å². The van der Waals surface area contributed by atoms with Crippen molar-refractivity contribution in [2.24, 2.45) is 0 Å². The highest BCUT2D eigenvalue weighted by Gasteiger charge is 2.23. The molecule has 2 amide bonds. The predicted octanol–water partition coefficient (Wildman–Crippen LogP) is 2.40. The van der Waals surface area contributed by atoms with E-state index in [1.165, 1.54) is 24.7 Å². The minimum absolute atomic E-state index is 0.0499. The van der Waals surface area contributed by atoms with Crippen LogP contribution in [0.3, 0.4) is 0 Å². The van der Waals surface area contributed by atoms with E-state index in [2.05, 4.69) is 27.4 Å². The first-order chi connectivity index (χ1) is 12.0. The summed E-state index contributed by atoms with van der Waals surface area (Å²) >= 11 is 1.42. The highest BCUT2D eigenvalue weighted by Crippen LogP contribution is 2.27. The third kappa shape index (κ3) is 4.55. The first-order valence-electron chi connectivity index (χ1n) is 8.73. The van der Waals surface area contributed by atoms with Gasteiger partial charge in [-0.25, -0.2) is 4.98 Å². The number of hydrogen-bond donors (Lipinski definition) is 2. The van der Waals surface area contributed by atoms with Crippen LogP contribution in [0, 0.1) is 0 Å². The fraction of sp³-hybridized carbons (Fsp3) is 0.500. The van der Waals surface area contributed by atoms with Crippen molar-refractivity contribution < 1.29 is 9.59 Å². The number of nitrogens with zero attached hydrogens (tertiary/aromatic N) is 2. The molecular formula is C18H24N4O2S. The lowest BCUT2D eigenvalue weighted by Gasteiger charge is -2.22. The molecule has 2 heterocycles. The third-order valence-corrected chi connectivity index (χ3v) is 5.47. The van der Waals surface area contributed by atoms with Gasteiger partial charge >= 0.3 is 0 Å². The van der Waals surface area contributed by atoms with Crippen LogP contribution in [-0.4, -0.2) is 47.4 Å². The van der Waals surface area contributed by atoms with Crippen molar-refractivity contribution in [1.82, 2.24) is 15.2 Å². The molecule has 1 aromatic carbocycles. The third-order valence-electron chi connectivity index (χ3n) is 4.54. The van der Waals surface area contributed by atoms with E-state index in [0.717, 1.165) is 41.8 Å². The van der Waals surface area contributed by atoms with Gasteiger partial charge in [-0.2, -0.15) is 0 Å². The summed E-state index contributed by atoms with van der Waals surface area (Å²) in [6, 6.07) is 6.27. The molecule has 0 bridgehead atoms. The molecule has 0 radical (unpaired) electrons. The van der Waals surface area contributed by atoms with Crippen molar-refractivity contribution in [2.45, 2.75) is 39.2 Å². The van der Waals surface area contributed by atoms with Crippen LogP contribution in [0.2, 0.25) is 0 Å². The Labute approximate surface area is 151 Å². The summed E-state index contributed by atoms with van der Waals surface area (Å²) in [5.41, 5.74) is 1.80. The molecule has 3 rings (SSSR count). The zero-order valence-corrected chi connectivity index (χ0v) is 15.5. The Morgan fingerprint density at radius 3 is 3.00 bits per heavy atom. The number of carbonyl (C=O) groups is 2. The Kier molecular flexibility index (Phi) is 5.65. The second kappa shape index (κ2) is 7.93. The maximum absolute atomic E-state index is 12.3. The fourth-order valence-electron chi connectivity index (χ4n) is 3.31. The highest BCUT2D eigenvalue weighted by molar-refractivity contribution is 7.22. The number of aromatic nitrogens is 1. The molecule has 0 spiro atoms. The van der Waals surface area contributed by atoms with Gasteiger partial charge in [0.2, 0.25) is 11.8 Å². The first-order valence-corrected chi connectivity index (χ1v) is 9.54. The van der Waals surface area contributed by atoms with Crippen LogP contribution >= 0.6 is 11.3 Å². The predicted molar refractivity (Wildman–Crippen MR) is 101 cm³/mol. The van der Waals surface area contributed by atoms with Crippen molar-refractivity contribution in [3.63, 3.8) is 0 Å². The molecule has 1 atom stereocenters. The molecule has 1 saturated heterocycles. The average Bonchev–Trinajstić information content (AvgIpc) is 3.17. The smallest absolute Gasteiger partial charge is 0.224 e. The monoisotopic (exact) mass is 360 g/mol. The topological polar surface area (TPSA) is 74.3 Å². The minimum Gasteiger partial charge on any atom is -0.354 e. The van der Waals surface area contributed by atoms with E-state index in [0.29, 0.717) is 17.6 Å². The van der Waals surface area contributed by atoms with Crippen LogP contribution in [0.4, 0.5) is 5.13 Å². The van der Waals surface area contributed by atoms with Crippen LogP contribution in [-0.2, 0) is 16.0 Å². The number of hydrogen-bond acceptors (Lipinski definition) is 5. The number of likely N-dealkylation sites (N-methyl/N-ethyl adjacent to an activating group) is 1. The molecule has 25 heavy (non-hydrogen) atoms. The molecule has 134 valence electrons. The Balaban J connectivity index is 1.58. The summed E-state index contributed by atoms with van der Waals surface area (Å²) in [7, 11) is 0. The average molecular weight is 360 g/mol. The Morgan fingerprint density at radius 2 is 2.24 bits per heavy atom. The van der Waals surface area contributed by atoms with Gasteiger partial charge in [-0.05, 0) is 43.6 Å². The van der Waals surface area contributed by atoms with Crippen molar-refractivity contribution in [3.05, 3.63) is 23.8 Å². The number of thiazole rings is 1. The van der Waals surface area contributed by atoms with Crippen LogP contribution in [0.25, 0.3) is 10.2 Å². The van der Waals surface area contributed by atoms with E-state index in [-0.39, 0.29) is 11.8 Å². The number of benzene rings is 1. The van der Waals surface area contributed by atoms with Crippen molar-refractivity contribution in [3.8, 4) is 0 Å². The summed E-state index contributed by atoms with van der Waals surface area (Å²) < 4.78 is 0.974. The first kappa shape index (κ1) is 17.8. The van der Waals surface area contributed by atoms with Gasteiger partial charge in [0.25, 0.3) is 0 Å². The van der Waals surface area contributed by atoms with Gasteiger partial charge < -0.3 is 10.6 Å². The van der Waals surface area contributed by atoms with Gasteiger partial charge in [0.1, 0.15) is 0 Å². The zero-order chi connectivity index (χ0) is 17.8. The highest BCUT2D eigenvalue weighted by atomic mass is 32.1. The number of fused-ring (bicyclic) bond motifs is 1. The van der Waals surface area contributed by atoms with Gasteiger partial charge in [0, 0.05) is 19.5 Å². The Bertz CT molecular complexity index is 774. The van der Waals surface area contributed by atoms with Gasteiger partial charge in [0.15, 0.2) is 5.13 Å². The van der Waals surface area contributed by atoms with Crippen LogP contribution < -0.4 is 10.6 Å². The molecule has 7 heteroatoms. The lowest BCUT2D eigenvalue weighted by atomic mass is 10.1. The summed E-state index contributed by atoms with van der Waals surface area (Å²) in [4.78, 5) is 30.2. The van der Waals surface area contributed by atoms with Crippen molar-refractivity contribution >= 4 is 38.5 Å². The second-order valence-corrected chi connectivity index (χ2v) is 7.44. The summed E-state index contributed by atoms with van der Waals surface area (Å²) in [5.74, 6) is -0.0828. The van der Waals surface area contributed by atoms with Gasteiger partial charge in [-0.1, -0.05) is 24.3 Å². The largest absolute Gasteiger partial charge is 0.354 e. The molecule has 1 unspecified atom stereocenters. The molecule has 6 nitrogen and oxygen atoms in total. The summed E-state index contributed by atoms with van der Waals surface area (Å²) in [5, 5.41) is 6.36. The molecule has 2 N–H and O–H groups in total. The van der Waals surface area contributed by atoms with Crippen molar-refractivity contribution in [1.29, 1.82) is 0 Å². The van der Waals surface area contributed by atoms with Crippen molar-refractivity contribution in [2.75, 3.05) is 25.0 Å². The van der Waals surface area contributed by atoms with Crippen LogP contribution in [0.15, 0.2) is 18.2 Å². The lowest BCUT2D eigenvalue weighted by molar-refractivity contribution is -0.120. The van der Waals surface area contributed by atoms with E-state index in [4.69, 9.17) is 0 Å². The number of likely N-dealkylation sites (tertiary alicyclic amines) is 1. The normalized spacial score (nSPS) is 17.8.